The van der Waals surface area contributed by atoms with Crippen LogP contribution in [0.4, 0.5) is 0 Å². The second-order valence-corrected chi connectivity index (χ2v) is 3.90. The van der Waals surface area contributed by atoms with Crippen LogP contribution in [0, 0.1) is 5.92 Å². The molecule has 0 aromatic heterocycles. The van der Waals surface area contributed by atoms with Gasteiger partial charge in [0.15, 0.2) is 0 Å². The molecule has 0 saturated carbocycles. The minimum atomic E-state index is 0.505. The van der Waals surface area contributed by atoms with Crippen molar-refractivity contribution in [3.8, 4) is 0 Å². The molecule has 0 spiro atoms. The molecule has 1 atom stereocenters. The summed E-state index contributed by atoms with van der Waals surface area (Å²) in [6, 6.07) is 0. The van der Waals surface area contributed by atoms with Gasteiger partial charge in [0.05, 0.1) is 6.10 Å². The zero-order valence-electron chi connectivity index (χ0n) is 9.81. The van der Waals surface area contributed by atoms with Gasteiger partial charge in [0.1, 0.15) is 0 Å². The Morgan fingerprint density at radius 1 is 0.846 bits per heavy atom. The fourth-order valence-corrected chi connectivity index (χ4v) is 2.09. The van der Waals surface area contributed by atoms with E-state index >= 15 is 0 Å². The summed E-state index contributed by atoms with van der Waals surface area (Å²) in [7, 11) is 1.86. The molecule has 0 amide bonds. The SMILES string of the molecule is CCCC(CCC)C(CCC)OC. The molecule has 0 aromatic rings. The average molecular weight is 186 g/mol. The molecule has 0 N–H and O–H groups in total. The average Bonchev–Trinajstić information content (AvgIpc) is 2.14. The van der Waals surface area contributed by atoms with E-state index in [1.54, 1.807) is 0 Å². The summed E-state index contributed by atoms with van der Waals surface area (Å²) in [6.07, 6.45) is 8.19. The van der Waals surface area contributed by atoms with Crippen LogP contribution in [0.5, 0.6) is 0 Å². The fraction of sp³-hybridized carbons (Fsp3) is 1.00. The van der Waals surface area contributed by atoms with Crippen LogP contribution in [0.15, 0.2) is 0 Å². The molecule has 0 rings (SSSR count). The molecule has 0 radical (unpaired) electrons. The molecular weight excluding hydrogens is 160 g/mol. The smallest absolute Gasteiger partial charge is 0.0599 e. The molecule has 1 unspecified atom stereocenters. The van der Waals surface area contributed by atoms with Gasteiger partial charge in [-0.25, -0.2) is 0 Å². The Hall–Kier alpha value is -0.0400. The van der Waals surface area contributed by atoms with Gasteiger partial charge in [0, 0.05) is 7.11 Å². The van der Waals surface area contributed by atoms with Crippen molar-refractivity contribution in [1.29, 1.82) is 0 Å². The molecule has 0 saturated heterocycles. The maximum absolute atomic E-state index is 5.56. The minimum Gasteiger partial charge on any atom is -0.381 e. The lowest BCUT2D eigenvalue weighted by Crippen LogP contribution is -2.22. The highest BCUT2D eigenvalue weighted by Gasteiger charge is 2.18. The van der Waals surface area contributed by atoms with Crippen molar-refractivity contribution in [3.63, 3.8) is 0 Å². The van der Waals surface area contributed by atoms with Crippen molar-refractivity contribution in [3.05, 3.63) is 0 Å². The molecule has 0 aliphatic rings. The highest BCUT2D eigenvalue weighted by Crippen LogP contribution is 2.23. The first-order chi connectivity index (χ1) is 6.29. The van der Waals surface area contributed by atoms with E-state index in [0.29, 0.717) is 6.10 Å². The van der Waals surface area contributed by atoms with E-state index in [2.05, 4.69) is 20.8 Å². The Balaban J connectivity index is 3.94. The van der Waals surface area contributed by atoms with E-state index in [1.165, 1.54) is 38.5 Å². The topological polar surface area (TPSA) is 9.23 Å². The second-order valence-electron chi connectivity index (χ2n) is 3.90. The van der Waals surface area contributed by atoms with Crippen molar-refractivity contribution in [2.45, 2.75) is 65.4 Å². The molecular formula is C12H26O. The van der Waals surface area contributed by atoms with E-state index in [0.717, 1.165) is 5.92 Å². The largest absolute Gasteiger partial charge is 0.381 e. The van der Waals surface area contributed by atoms with Crippen LogP contribution in [0.1, 0.15) is 59.3 Å². The standard InChI is InChI=1S/C12H26O/c1-5-8-11(9-6-2)12(13-4)10-7-3/h11-12H,5-10H2,1-4H3. The Morgan fingerprint density at radius 2 is 1.31 bits per heavy atom. The maximum Gasteiger partial charge on any atom is 0.0599 e. The zero-order valence-corrected chi connectivity index (χ0v) is 9.81. The first-order valence-electron chi connectivity index (χ1n) is 5.82. The Kier molecular flexibility index (Phi) is 8.53. The molecule has 0 aliphatic heterocycles. The highest BCUT2D eigenvalue weighted by atomic mass is 16.5. The third-order valence-corrected chi connectivity index (χ3v) is 2.72. The monoisotopic (exact) mass is 186 g/mol. The highest BCUT2D eigenvalue weighted by molar-refractivity contribution is 4.69. The van der Waals surface area contributed by atoms with Crippen LogP contribution in [0.3, 0.4) is 0 Å². The zero-order chi connectivity index (χ0) is 10.1. The molecule has 13 heavy (non-hydrogen) atoms. The van der Waals surface area contributed by atoms with Crippen LogP contribution in [0.2, 0.25) is 0 Å². The van der Waals surface area contributed by atoms with Crippen LogP contribution in [-0.4, -0.2) is 13.2 Å². The van der Waals surface area contributed by atoms with Gasteiger partial charge in [-0.3, -0.25) is 0 Å². The number of rotatable bonds is 8. The van der Waals surface area contributed by atoms with Crippen LogP contribution in [0.25, 0.3) is 0 Å². The summed E-state index contributed by atoms with van der Waals surface area (Å²) in [5.74, 6) is 0.792. The van der Waals surface area contributed by atoms with Crippen LogP contribution >= 0.6 is 0 Å². The molecule has 0 bridgehead atoms. The van der Waals surface area contributed by atoms with Gasteiger partial charge in [-0.1, -0.05) is 40.0 Å². The maximum atomic E-state index is 5.56. The lowest BCUT2D eigenvalue weighted by atomic mass is 9.90. The van der Waals surface area contributed by atoms with Crippen LogP contribution < -0.4 is 0 Å². The van der Waals surface area contributed by atoms with E-state index in [1.807, 2.05) is 7.11 Å². The van der Waals surface area contributed by atoms with Gasteiger partial charge >= 0.3 is 0 Å². The normalized spacial score (nSPS) is 13.6. The lowest BCUT2D eigenvalue weighted by molar-refractivity contribution is 0.0372. The van der Waals surface area contributed by atoms with Gasteiger partial charge < -0.3 is 4.74 Å². The molecule has 1 nitrogen and oxygen atoms in total. The quantitative estimate of drug-likeness (QED) is 0.556. The van der Waals surface area contributed by atoms with E-state index < -0.39 is 0 Å². The fourth-order valence-electron chi connectivity index (χ4n) is 2.09. The first kappa shape index (κ1) is 13.0. The molecule has 0 aliphatic carbocycles. The molecule has 0 heterocycles. The molecule has 0 fully saturated rings. The van der Waals surface area contributed by atoms with Gasteiger partial charge in [0.2, 0.25) is 0 Å². The summed E-state index contributed by atoms with van der Waals surface area (Å²) in [6.45, 7) is 6.77. The molecule has 80 valence electrons. The Morgan fingerprint density at radius 3 is 1.62 bits per heavy atom. The third kappa shape index (κ3) is 5.30. The predicted molar refractivity (Wildman–Crippen MR) is 59.0 cm³/mol. The molecule has 1 heteroatoms. The third-order valence-electron chi connectivity index (χ3n) is 2.72. The summed E-state index contributed by atoms with van der Waals surface area (Å²) >= 11 is 0. The van der Waals surface area contributed by atoms with E-state index in [-0.39, 0.29) is 0 Å². The Labute approximate surface area is 83.9 Å². The Bertz CT molecular complexity index is 95.3. The lowest BCUT2D eigenvalue weighted by Gasteiger charge is -2.25. The van der Waals surface area contributed by atoms with E-state index in [4.69, 9.17) is 4.74 Å². The van der Waals surface area contributed by atoms with Gasteiger partial charge in [-0.15, -0.1) is 0 Å². The summed E-state index contributed by atoms with van der Waals surface area (Å²) < 4.78 is 5.56. The van der Waals surface area contributed by atoms with Gasteiger partial charge in [-0.2, -0.15) is 0 Å². The summed E-state index contributed by atoms with van der Waals surface area (Å²) in [5, 5.41) is 0. The van der Waals surface area contributed by atoms with Crippen molar-refractivity contribution >= 4 is 0 Å². The van der Waals surface area contributed by atoms with Crippen LogP contribution in [-0.2, 0) is 4.74 Å². The number of methoxy groups -OCH3 is 1. The first-order valence-corrected chi connectivity index (χ1v) is 5.82. The van der Waals surface area contributed by atoms with Crippen molar-refractivity contribution < 1.29 is 4.74 Å². The van der Waals surface area contributed by atoms with Crippen molar-refractivity contribution in [1.82, 2.24) is 0 Å². The molecule has 0 aromatic carbocycles. The van der Waals surface area contributed by atoms with Gasteiger partial charge in [0.25, 0.3) is 0 Å². The number of hydrogen-bond donors (Lipinski definition) is 0. The van der Waals surface area contributed by atoms with E-state index in [9.17, 15) is 0 Å². The predicted octanol–water partition coefficient (Wildman–Crippen LogP) is 4.02. The second kappa shape index (κ2) is 8.55. The van der Waals surface area contributed by atoms with Crippen molar-refractivity contribution in [2.75, 3.05) is 7.11 Å². The number of hydrogen-bond acceptors (Lipinski definition) is 1. The minimum absolute atomic E-state index is 0.505. The van der Waals surface area contributed by atoms with Gasteiger partial charge in [-0.05, 0) is 25.2 Å². The number of ether oxygens (including phenoxy) is 1. The summed E-state index contributed by atoms with van der Waals surface area (Å²) in [4.78, 5) is 0. The van der Waals surface area contributed by atoms with Crippen molar-refractivity contribution in [2.24, 2.45) is 5.92 Å². The summed E-state index contributed by atoms with van der Waals surface area (Å²) in [5.41, 5.74) is 0.